The molecule has 29 heavy (non-hydrogen) atoms. The van der Waals surface area contributed by atoms with Gasteiger partial charge in [0.2, 0.25) is 0 Å². The van der Waals surface area contributed by atoms with Crippen LogP contribution >= 0.6 is 11.3 Å². The van der Waals surface area contributed by atoms with E-state index in [4.69, 9.17) is 9.47 Å². The average Bonchev–Trinajstić information content (AvgIpc) is 3.04. The number of thiazole rings is 1. The molecule has 0 aliphatic heterocycles. The molecule has 3 aromatic rings. The second-order valence-electron chi connectivity index (χ2n) is 6.40. The SMILES string of the molecule is COc1ccc(-c2nn([C@H](C)C(=O)Nc3nc(C)c(C)s3)c(=O)cc2OC)cc1. The van der Waals surface area contributed by atoms with Gasteiger partial charge >= 0.3 is 0 Å². The van der Waals surface area contributed by atoms with Gasteiger partial charge in [-0.1, -0.05) is 0 Å². The number of nitrogens with one attached hydrogen (secondary N) is 1. The Hall–Kier alpha value is -3.20. The summed E-state index contributed by atoms with van der Waals surface area (Å²) in [5, 5.41) is 7.66. The van der Waals surface area contributed by atoms with Crippen LogP contribution in [0, 0.1) is 13.8 Å². The van der Waals surface area contributed by atoms with E-state index in [1.807, 2.05) is 26.0 Å². The van der Waals surface area contributed by atoms with Crippen molar-refractivity contribution in [3.05, 3.63) is 51.3 Å². The topological polar surface area (TPSA) is 95.3 Å². The van der Waals surface area contributed by atoms with Crippen molar-refractivity contribution in [1.82, 2.24) is 14.8 Å². The minimum absolute atomic E-state index is 0.329. The van der Waals surface area contributed by atoms with Crippen LogP contribution < -0.4 is 20.3 Å². The Bertz CT molecular complexity index is 1070. The molecule has 152 valence electrons. The molecule has 3 rings (SSSR count). The fraction of sp³-hybridized carbons (Fsp3) is 0.300. The summed E-state index contributed by atoms with van der Waals surface area (Å²) in [6, 6.07) is 7.68. The van der Waals surface area contributed by atoms with Gasteiger partial charge in [-0.05, 0) is 45.0 Å². The predicted molar refractivity (Wildman–Crippen MR) is 112 cm³/mol. The van der Waals surface area contributed by atoms with Crippen molar-refractivity contribution < 1.29 is 14.3 Å². The third kappa shape index (κ3) is 4.29. The van der Waals surface area contributed by atoms with Gasteiger partial charge in [-0.25, -0.2) is 9.67 Å². The molecule has 0 radical (unpaired) electrons. The zero-order valence-electron chi connectivity index (χ0n) is 16.8. The van der Waals surface area contributed by atoms with Gasteiger partial charge in [0.1, 0.15) is 17.5 Å². The lowest BCUT2D eigenvalue weighted by Gasteiger charge is -2.16. The standard InChI is InChI=1S/C20H22N4O4S/c1-11-13(3)29-20(21-11)22-19(26)12(2)24-17(25)10-16(28-5)18(23-24)14-6-8-15(27-4)9-7-14/h6-10,12H,1-5H3,(H,21,22,26)/t12-/m1/s1. The van der Waals surface area contributed by atoms with Gasteiger partial charge in [0.05, 0.1) is 19.9 Å². The van der Waals surface area contributed by atoms with Crippen molar-refractivity contribution in [2.45, 2.75) is 26.8 Å². The Balaban J connectivity index is 1.95. The lowest BCUT2D eigenvalue weighted by Crippen LogP contribution is -2.33. The number of amides is 1. The molecule has 1 amide bonds. The molecule has 0 saturated carbocycles. The zero-order chi connectivity index (χ0) is 21.1. The van der Waals surface area contributed by atoms with E-state index >= 15 is 0 Å². The van der Waals surface area contributed by atoms with Crippen LogP contribution in [0.5, 0.6) is 11.5 Å². The molecule has 0 spiro atoms. The van der Waals surface area contributed by atoms with Gasteiger partial charge in [-0.2, -0.15) is 5.10 Å². The molecule has 0 aliphatic carbocycles. The van der Waals surface area contributed by atoms with Crippen molar-refractivity contribution in [2.75, 3.05) is 19.5 Å². The minimum atomic E-state index is -0.838. The molecule has 1 aromatic carbocycles. The molecule has 0 saturated heterocycles. The molecule has 0 fully saturated rings. The van der Waals surface area contributed by atoms with Crippen LogP contribution in [0.2, 0.25) is 0 Å². The summed E-state index contributed by atoms with van der Waals surface area (Å²) < 4.78 is 11.6. The number of aromatic nitrogens is 3. The fourth-order valence-corrected chi connectivity index (χ4v) is 3.50. The number of carbonyl (C=O) groups is 1. The number of ether oxygens (including phenoxy) is 2. The summed E-state index contributed by atoms with van der Waals surface area (Å²) in [6.45, 7) is 5.42. The minimum Gasteiger partial charge on any atom is -0.497 e. The molecule has 9 heteroatoms. The van der Waals surface area contributed by atoms with Crippen molar-refractivity contribution in [1.29, 1.82) is 0 Å². The summed E-state index contributed by atoms with van der Waals surface area (Å²) >= 11 is 1.39. The smallest absolute Gasteiger partial charge is 0.271 e. The average molecular weight is 414 g/mol. The summed E-state index contributed by atoms with van der Waals surface area (Å²) in [4.78, 5) is 30.6. The maximum Gasteiger partial charge on any atom is 0.271 e. The maximum absolute atomic E-state index is 12.7. The van der Waals surface area contributed by atoms with E-state index in [0.717, 1.165) is 20.8 Å². The Morgan fingerprint density at radius 1 is 1.17 bits per heavy atom. The number of carbonyl (C=O) groups excluding carboxylic acids is 1. The van der Waals surface area contributed by atoms with Gasteiger partial charge in [0.15, 0.2) is 10.9 Å². The second-order valence-corrected chi connectivity index (χ2v) is 7.60. The highest BCUT2D eigenvalue weighted by Gasteiger charge is 2.22. The number of nitrogens with zero attached hydrogens (tertiary/aromatic N) is 3. The fourth-order valence-electron chi connectivity index (χ4n) is 2.68. The van der Waals surface area contributed by atoms with Crippen LogP contribution in [0.1, 0.15) is 23.5 Å². The monoisotopic (exact) mass is 414 g/mol. The molecule has 1 N–H and O–H groups in total. The number of hydrogen-bond acceptors (Lipinski definition) is 7. The Morgan fingerprint density at radius 2 is 1.86 bits per heavy atom. The van der Waals surface area contributed by atoms with Gasteiger partial charge in [0.25, 0.3) is 11.5 Å². The molecule has 0 bridgehead atoms. The first-order valence-electron chi connectivity index (χ1n) is 8.91. The molecule has 1 atom stereocenters. The Morgan fingerprint density at radius 3 is 2.41 bits per heavy atom. The van der Waals surface area contributed by atoms with Crippen LogP contribution in [0.4, 0.5) is 5.13 Å². The van der Waals surface area contributed by atoms with E-state index in [0.29, 0.717) is 22.3 Å². The van der Waals surface area contributed by atoms with Gasteiger partial charge in [-0.3, -0.25) is 9.59 Å². The van der Waals surface area contributed by atoms with E-state index in [1.54, 1.807) is 26.2 Å². The third-order valence-corrected chi connectivity index (χ3v) is 5.50. The first-order chi connectivity index (χ1) is 13.8. The van der Waals surface area contributed by atoms with E-state index in [9.17, 15) is 9.59 Å². The van der Waals surface area contributed by atoms with Crippen LogP contribution in [0.3, 0.4) is 0 Å². The maximum atomic E-state index is 12.7. The number of aryl methyl sites for hydroxylation is 2. The molecular weight excluding hydrogens is 392 g/mol. The largest absolute Gasteiger partial charge is 0.497 e. The summed E-state index contributed by atoms with van der Waals surface area (Å²) in [6.07, 6.45) is 0. The lowest BCUT2D eigenvalue weighted by molar-refractivity contribution is -0.119. The first kappa shape index (κ1) is 20.5. The first-order valence-corrected chi connectivity index (χ1v) is 9.73. The van der Waals surface area contributed by atoms with Crippen molar-refractivity contribution in [2.24, 2.45) is 0 Å². The van der Waals surface area contributed by atoms with Crippen LogP contribution in [-0.4, -0.2) is 34.9 Å². The number of benzene rings is 1. The Labute approximate surface area is 172 Å². The van der Waals surface area contributed by atoms with Gasteiger partial charge in [-0.15, -0.1) is 11.3 Å². The normalized spacial score (nSPS) is 11.8. The molecule has 8 nitrogen and oxygen atoms in total. The zero-order valence-corrected chi connectivity index (χ0v) is 17.7. The predicted octanol–water partition coefficient (Wildman–Crippen LogP) is 3.20. The van der Waals surface area contributed by atoms with E-state index in [1.165, 1.54) is 24.5 Å². The van der Waals surface area contributed by atoms with Crippen LogP contribution in [0.25, 0.3) is 11.3 Å². The molecule has 2 aromatic heterocycles. The number of hydrogen-bond donors (Lipinski definition) is 1. The highest BCUT2D eigenvalue weighted by Crippen LogP contribution is 2.28. The summed E-state index contributed by atoms with van der Waals surface area (Å²) in [7, 11) is 3.05. The number of methoxy groups -OCH3 is 2. The van der Waals surface area contributed by atoms with Gasteiger partial charge < -0.3 is 14.8 Å². The number of rotatable bonds is 6. The van der Waals surface area contributed by atoms with E-state index in [2.05, 4.69) is 15.4 Å². The van der Waals surface area contributed by atoms with E-state index in [-0.39, 0.29) is 5.91 Å². The third-order valence-electron chi connectivity index (χ3n) is 4.51. The highest BCUT2D eigenvalue weighted by atomic mass is 32.1. The summed E-state index contributed by atoms with van der Waals surface area (Å²) in [5.41, 5.74) is 1.61. The second kappa shape index (κ2) is 8.44. The molecule has 0 aliphatic rings. The van der Waals surface area contributed by atoms with Crippen LogP contribution in [0.15, 0.2) is 35.1 Å². The van der Waals surface area contributed by atoms with Crippen molar-refractivity contribution >= 4 is 22.4 Å². The molecule has 2 heterocycles. The number of anilines is 1. The summed E-state index contributed by atoms with van der Waals surface area (Å²) in [5.74, 6) is 0.650. The quantitative estimate of drug-likeness (QED) is 0.666. The van der Waals surface area contributed by atoms with E-state index < -0.39 is 11.6 Å². The molecule has 0 unspecified atom stereocenters. The lowest BCUT2D eigenvalue weighted by atomic mass is 10.1. The van der Waals surface area contributed by atoms with Crippen molar-refractivity contribution in [3.8, 4) is 22.8 Å². The highest BCUT2D eigenvalue weighted by molar-refractivity contribution is 7.15. The Kier molecular flexibility index (Phi) is 5.97. The van der Waals surface area contributed by atoms with Crippen LogP contribution in [-0.2, 0) is 4.79 Å². The van der Waals surface area contributed by atoms with Crippen molar-refractivity contribution in [3.63, 3.8) is 0 Å². The molecular formula is C20H22N4O4S. The van der Waals surface area contributed by atoms with Gasteiger partial charge in [0, 0.05) is 16.5 Å².